The van der Waals surface area contributed by atoms with Crippen LogP contribution in [0.1, 0.15) is 23.6 Å². The van der Waals surface area contributed by atoms with Crippen molar-refractivity contribution in [2.24, 2.45) is 0 Å². The molecule has 0 atom stereocenters. The van der Waals surface area contributed by atoms with E-state index >= 15 is 0 Å². The van der Waals surface area contributed by atoms with Gasteiger partial charge in [0.15, 0.2) is 0 Å². The lowest BCUT2D eigenvalue weighted by Crippen LogP contribution is -2.16. The van der Waals surface area contributed by atoms with Gasteiger partial charge in [0.2, 0.25) is 0 Å². The van der Waals surface area contributed by atoms with Gasteiger partial charge in [-0.2, -0.15) is 0 Å². The predicted molar refractivity (Wildman–Crippen MR) is 92.9 cm³/mol. The monoisotopic (exact) mass is 272 g/mol. The highest BCUT2D eigenvalue weighted by Gasteiger charge is 2.03. The Kier molecular flexibility index (Phi) is 3.62. The molecule has 0 bridgehead atoms. The first-order chi connectivity index (χ1) is 10.2. The summed E-state index contributed by atoms with van der Waals surface area (Å²) in [7, 11) is 0. The topological polar surface area (TPSA) is 0 Å². The van der Waals surface area contributed by atoms with Gasteiger partial charge in [-0.3, -0.25) is 0 Å². The number of hydrogen-bond acceptors (Lipinski definition) is 0. The summed E-state index contributed by atoms with van der Waals surface area (Å²) in [6.45, 7) is 10.7. The van der Waals surface area contributed by atoms with Crippen LogP contribution in [0.5, 0.6) is 0 Å². The fourth-order valence-corrected chi connectivity index (χ4v) is 2.84. The zero-order valence-corrected chi connectivity index (χ0v) is 12.5. The van der Waals surface area contributed by atoms with Crippen molar-refractivity contribution in [1.82, 2.24) is 0 Å². The largest absolute Gasteiger partial charge is 0.0911 e. The molecule has 0 aliphatic rings. The molecule has 0 spiro atoms. The van der Waals surface area contributed by atoms with Crippen molar-refractivity contribution < 1.29 is 0 Å². The van der Waals surface area contributed by atoms with Crippen molar-refractivity contribution in [2.75, 3.05) is 0 Å². The van der Waals surface area contributed by atoms with E-state index < -0.39 is 0 Å². The maximum atomic E-state index is 4.29. The van der Waals surface area contributed by atoms with E-state index in [4.69, 9.17) is 0 Å². The Morgan fingerprint density at radius 3 is 2.10 bits per heavy atom. The molecule has 0 fully saturated rings. The minimum absolute atomic E-state index is 0.913. The van der Waals surface area contributed by atoms with E-state index in [0.717, 1.165) is 23.3 Å². The third kappa shape index (κ3) is 2.62. The summed E-state index contributed by atoms with van der Waals surface area (Å²) in [5.74, 6) is 0. The Labute approximate surface area is 126 Å². The molecule has 0 heteroatoms. The summed E-state index contributed by atoms with van der Waals surface area (Å²) < 4.78 is 0. The SMILES string of the molecule is C=c1cc(Cc2ccc(CC)cc2)c(=C)c2ccccc12. The Bertz CT molecular complexity index is 870. The van der Waals surface area contributed by atoms with Crippen LogP contribution in [0, 0.1) is 0 Å². The molecule has 0 saturated heterocycles. The summed E-state index contributed by atoms with van der Waals surface area (Å²) in [6.07, 6.45) is 2.00. The number of hydrogen-bond donors (Lipinski definition) is 0. The van der Waals surface area contributed by atoms with E-state index in [1.807, 2.05) is 0 Å². The maximum absolute atomic E-state index is 4.29. The normalized spacial score (nSPS) is 10.9. The fraction of sp³-hybridized carbons (Fsp3) is 0.143. The minimum Gasteiger partial charge on any atom is -0.0911 e. The Hall–Kier alpha value is -2.34. The summed E-state index contributed by atoms with van der Waals surface area (Å²) in [4.78, 5) is 0. The highest BCUT2D eigenvalue weighted by atomic mass is 14.1. The van der Waals surface area contributed by atoms with Crippen LogP contribution in [0.25, 0.3) is 23.9 Å². The predicted octanol–water partition coefficient (Wildman–Crippen LogP) is 3.81. The molecule has 0 aliphatic carbocycles. The fourth-order valence-electron chi connectivity index (χ4n) is 2.84. The van der Waals surface area contributed by atoms with E-state index in [1.54, 1.807) is 0 Å². The van der Waals surface area contributed by atoms with E-state index in [2.05, 4.69) is 74.7 Å². The van der Waals surface area contributed by atoms with E-state index in [-0.39, 0.29) is 0 Å². The lowest BCUT2D eigenvalue weighted by molar-refractivity contribution is 1.12. The third-order valence-corrected chi connectivity index (χ3v) is 4.16. The van der Waals surface area contributed by atoms with Crippen molar-refractivity contribution in [3.05, 3.63) is 81.7 Å². The Balaban J connectivity index is 2.06. The molecule has 0 amide bonds. The third-order valence-electron chi connectivity index (χ3n) is 4.16. The quantitative estimate of drug-likeness (QED) is 0.680. The van der Waals surface area contributed by atoms with Crippen LogP contribution < -0.4 is 10.4 Å². The number of rotatable bonds is 3. The molecule has 0 aromatic heterocycles. The zero-order valence-electron chi connectivity index (χ0n) is 12.5. The maximum Gasteiger partial charge on any atom is -0.00196 e. The highest BCUT2D eigenvalue weighted by molar-refractivity contribution is 5.84. The van der Waals surface area contributed by atoms with Crippen LogP contribution in [0.15, 0.2) is 54.6 Å². The second-order valence-corrected chi connectivity index (χ2v) is 5.57. The molecule has 3 aromatic carbocycles. The molecule has 0 saturated carbocycles. The molecule has 0 radical (unpaired) electrons. The first-order valence-corrected chi connectivity index (χ1v) is 7.45. The average Bonchev–Trinajstić information content (AvgIpc) is 2.53. The van der Waals surface area contributed by atoms with Gasteiger partial charge in [0, 0.05) is 0 Å². The van der Waals surface area contributed by atoms with Crippen LogP contribution in [0.3, 0.4) is 0 Å². The lowest BCUT2D eigenvalue weighted by Gasteiger charge is -2.08. The lowest BCUT2D eigenvalue weighted by atomic mass is 9.97. The van der Waals surface area contributed by atoms with Crippen LogP contribution >= 0.6 is 0 Å². The molecule has 0 aliphatic heterocycles. The Morgan fingerprint density at radius 1 is 0.810 bits per heavy atom. The van der Waals surface area contributed by atoms with E-state index in [9.17, 15) is 0 Å². The van der Waals surface area contributed by atoms with E-state index in [1.165, 1.54) is 27.5 Å². The number of fused-ring (bicyclic) bond motifs is 1. The number of aryl methyl sites for hydroxylation is 1. The van der Waals surface area contributed by atoms with Crippen LogP contribution in [-0.2, 0) is 12.8 Å². The van der Waals surface area contributed by atoms with Crippen LogP contribution in [-0.4, -0.2) is 0 Å². The van der Waals surface area contributed by atoms with Crippen molar-refractivity contribution >= 4 is 23.9 Å². The van der Waals surface area contributed by atoms with Gasteiger partial charge in [-0.05, 0) is 50.7 Å². The summed E-state index contributed by atoms with van der Waals surface area (Å²) >= 11 is 0. The minimum atomic E-state index is 0.913. The van der Waals surface area contributed by atoms with Gasteiger partial charge in [0.1, 0.15) is 0 Å². The molecule has 0 N–H and O–H groups in total. The first-order valence-electron chi connectivity index (χ1n) is 7.45. The average molecular weight is 272 g/mol. The zero-order chi connectivity index (χ0) is 14.8. The van der Waals surface area contributed by atoms with Gasteiger partial charge >= 0.3 is 0 Å². The van der Waals surface area contributed by atoms with E-state index in [0.29, 0.717) is 0 Å². The van der Waals surface area contributed by atoms with Gasteiger partial charge in [-0.1, -0.05) is 74.7 Å². The molecule has 0 heterocycles. The molecular weight excluding hydrogens is 252 g/mol. The summed E-state index contributed by atoms with van der Waals surface area (Å²) in [6, 6.07) is 19.4. The van der Waals surface area contributed by atoms with Crippen molar-refractivity contribution in [1.29, 1.82) is 0 Å². The van der Waals surface area contributed by atoms with Crippen LogP contribution in [0.4, 0.5) is 0 Å². The first kappa shape index (κ1) is 13.6. The van der Waals surface area contributed by atoms with Gasteiger partial charge in [0.25, 0.3) is 0 Å². The van der Waals surface area contributed by atoms with Gasteiger partial charge < -0.3 is 0 Å². The molecule has 21 heavy (non-hydrogen) atoms. The molecule has 3 rings (SSSR count). The molecular formula is C21H20. The summed E-state index contributed by atoms with van der Waals surface area (Å²) in [5, 5.41) is 4.62. The van der Waals surface area contributed by atoms with Crippen LogP contribution in [0.2, 0.25) is 0 Å². The van der Waals surface area contributed by atoms with Crippen molar-refractivity contribution in [3.8, 4) is 0 Å². The second-order valence-electron chi connectivity index (χ2n) is 5.57. The molecule has 0 unspecified atom stereocenters. The van der Waals surface area contributed by atoms with Gasteiger partial charge in [-0.15, -0.1) is 0 Å². The molecule has 0 nitrogen and oxygen atoms in total. The van der Waals surface area contributed by atoms with Crippen molar-refractivity contribution in [3.63, 3.8) is 0 Å². The highest BCUT2D eigenvalue weighted by Crippen LogP contribution is 2.11. The molecule has 3 aromatic rings. The standard InChI is InChI=1S/C21H20/c1-4-17-9-11-18(12-10-17)14-19-13-15(2)20-7-5-6-8-21(20)16(19)3/h5-13H,2-4,14H2,1H3. The van der Waals surface area contributed by atoms with Gasteiger partial charge in [-0.25, -0.2) is 0 Å². The smallest absolute Gasteiger partial charge is 0.00196 e. The number of benzene rings is 3. The summed E-state index contributed by atoms with van der Waals surface area (Å²) in [5.41, 5.74) is 3.97. The molecule has 104 valence electrons. The van der Waals surface area contributed by atoms with Crippen molar-refractivity contribution in [2.45, 2.75) is 19.8 Å². The van der Waals surface area contributed by atoms with Gasteiger partial charge in [0.05, 0.1) is 0 Å². The Morgan fingerprint density at radius 2 is 1.43 bits per heavy atom. The second kappa shape index (κ2) is 5.57.